The van der Waals surface area contributed by atoms with Gasteiger partial charge in [-0.3, -0.25) is 0 Å². The number of ether oxygens (including phenoxy) is 1. The van der Waals surface area contributed by atoms with Gasteiger partial charge in [-0.1, -0.05) is 18.0 Å². The molecule has 0 amide bonds. The first kappa shape index (κ1) is 12.2. The van der Waals surface area contributed by atoms with E-state index in [1.807, 2.05) is 0 Å². The Morgan fingerprint density at radius 1 is 1.29 bits per heavy atom. The number of carboxylic acid groups (broad SMARTS) is 1. The smallest absolute Gasteiger partial charge is 0.337 e. The first-order valence-electron chi connectivity index (χ1n) is 5.86. The summed E-state index contributed by atoms with van der Waals surface area (Å²) in [4.78, 5) is 10.8. The van der Waals surface area contributed by atoms with Gasteiger partial charge >= 0.3 is 5.97 Å². The van der Waals surface area contributed by atoms with E-state index in [2.05, 4.69) is 0 Å². The summed E-state index contributed by atoms with van der Waals surface area (Å²) in [6, 6.07) is 4.74. The molecule has 17 heavy (non-hydrogen) atoms. The highest BCUT2D eigenvalue weighted by atomic mass is 35.5. The third-order valence-electron chi connectivity index (χ3n) is 3.03. The summed E-state index contributed by atoms with van der Waals surface area (Å²) in [6.07, 6.45) is 6.06. The van der Waals surface area contributed by atoms with Crippen LogP contribution in [-0.4, -0.2) is 17.2 Å². The molecule has 1 aliphatic carbocycles. The van der Waals surface area contributed by atoms with Crippen LogP contribution in [0.25, 0.3) is 0 Å². The van der Waals surface area contributed by atoms with E-state index in [-0.39, 0.29) is 16.7 Å². The molecule has 1 fully saturated rings. The van der Waals surface area contributed by atoms with E-state index in [4.69, 9.17) is 21.4 Å². The summed E-state index contributed by atoms with van der Waals surface area (Å²) in [7, 11) is 0. The molecule has 1 aromatic carbocycles. The van der Waals surface area contributed by atoms with Gasteiger partial charge in [-0.05, 0) is 43.9 Å². The molecule has 0 aliphatic heterocycles. The Bertz CT molecular complexity index is 411. The zero-order chi connectivity index (χ0) is 12.3. The van der Waals surface area contributed by atoms with Crippen molar-refractivity contribution in [3.05, 3.63) is 28.8 Å². The van der Waals surface area contributed by atoms with Gasteiger partial charge in [-0.2, -0.15) is 0 Å². The Hall–Kier alpha value is -1.22. The highest BCUT2D eigenvalue weighted by Crippen LogP contribution is 2.27. The molecule has 0 heterocycles. The Kier molecular flexibility index (Phi) is 3.89. The average Bonchev–Trinajstić information content (AvgIpc) is 2.30. The van der Waals surface area contributed by atoms with Gasteiger partial charge in [-0.25, -0.2) is 4.79 Å². The standard InChI is InChI=1S/C13H15ClO3/c14-12-8-10(6-7-11(12)13(15)16)17-9-4-2-1-3-5-9/h6-9H,1-5H2,(H,15,16). The lowest BCUT2D eigenvalue weighted by molar-refractivity contribution is 0.0697. The molecule has 1 N–H and O–H groups in total. The van der Waals surface area contributed by atoms with Crippen LogP contribution in [-0.2, 0) is 0 Å². The summed E-state index contributed by atoms with van der Waals surface area (Å²) < 4.78 is 5.79. The van der Waals surface area contributed by atoms with E-state index in [0.29, 0.717) is 5.75 Å². The predicted octanol–water partition coefficient (Wildman–Crippen LogP) is 3.75. The van der Waals surface area contributed by atoms with Gasteiger partial charge in [-0.15, -0.1) is 0 Å². The molecule has 1 aliphatic rings. The monoisotopic (exact) mass is 254 g/mol. The van der Waals surface area contributed by atoms with E-state index in [1.165, 1.54) is 25.3 Å². The van der Waals surface area contributed by atoms with Crippen molar-refractivity contribution in [2.24, 2.45) is 0 Å². The molecular formula is C13H15ClO3. The number of hydrogen-bond donors (Lipinski definition) is 1. The van der Waals surface area contributed by atoms with Crippen LogP contribution in [0, 0.1) is 0 Å². The minimum absolute atomic E-state index is 0.114. The molecule has 0 spiro atoms. The molecule has 0 bridgehead atoms. The largest absolute Gasteiger partial charge is 0.490 e. The Labute approximate surface area is 105 Å². The van der Waals surface area contributed by atoms with Gasteiger partial charge in [0.25, 0.3) is 0 Å². The minimum Gasteiger partial charge on any atom is -0.490 e. The van der Waals surface area contributed by atoms with E-state index in [0.717, 1.165) is 12.8 Å². The average molecular weight is 255 g/mol. The summed E-state index contributed by atoms with van der Waals surface area (Å²) in [5.74, 6) is -0.355. The van der Waals surface area contributed by atoms with Crippen molar-refractivity contribution in [2.75, 3.05) is 0 Å². The Morgan fingerprint density at radius 2 is 2.00 bits per heavy atom. The lowest BCUT2D eigenvalue weighted by atomic mass is 9.98. The molecule has 0 unspecified atom stereocenters. The fraction of sp³-hybridized carbons (Fsp3) is 0.462. The molecule has 0 radical (unpaired) electrons. The molecule has 0 saturated heterocycles. The fourth-order valence-electron chi connectivity index (χ4n) is 2.12. The highest BCUT2D eigenvalue weighted by Gasteiger charge is 2.16. The number of halogens is 1. The van der Waals surface area contributed by atoms with E-state index in [9.17, 15) is 4.79 Å². The van der Waals surface area contributed by atoms with Crippen molar-refractivity contribution in [3.63, 3.8) is 0 Å². The topological polar surface area (TPSA) is 46.5 Å². The number of rotatable bonds is 3. The van der Waals surface area contributed by atoms with Crippen LogP contribution in [0.4, 0.5) is 0 Å². The Morgan fingerprint density at radius 3 is 2.59 bits per heavy atom. The maximum absolute atomic E-state index is 10.8. The third kappa shape index (κ3) is 3.13. The highest BCUT2D eigenvalue weighted by molar-refractivity contribution is 6.33. The Balaban J connectivity index is 2.06. The third-order valence-corrected chi connectivity index (χ3v) is 3.34. The molecule has 92 valence electrons. The molecular weight excluding hydrogens is 240 g/mol. The van der Waals surface area contributed by atoms with Crippen molar-refractivity contribution in [3.8, 4) is 5.75 Å². The van der Waals surface area contributed by atoms with Crippen LogP contribution in [0.15, 0.2) is 18.2 Å². The first-order chi connectivity index (χ1) is 8.16. The van der Waals surface area contributed by atoms with Gasteiger partial charge in [0.15, 0.2) is 0 Å². The van der Waals surface area contributed by atoms with Crippen LogP contribution < -0.4 is 4.74 Å². The second-order valence-electron chi connectivity index (χ2n) is 4.32. The summed E-state index contributed by atoms with van der Waals surface area (Å²) in [5.41, 5.74) is 0.114. The van der Waals surface area contributed by atoms with Crippen LogP contribution in [0.3, 0.4) is 0 Å². The zero-order valence-corrected chi connectivity index (χ0v) is 10.2. The summed E-state index contributed by atoms with van der Waals surface area (Å²) in [6.45, 7) is 0. The minimum atomic E-state index is -1.01. The molecule has 1 saturated carbocycles. The molecule has 4 heteroatoms. The van der Waals surface area contributed by atoms with E-state index >= 15 is 0 Å². The van der Waals surface area contributed by atoms with Crippen LogP contribution >= 0.6 is 11.6 Å². The molecule has 3 nitrogen and oxygen atoms in total. The normalized spacial score (nSPS) is 16.8. The number of carboxylic acids is 1. The number of hydrogen-bond acceptors (Lipinski definition) is 2. The van der Waals surface area contributed by atoms with Gasteiger partial charge in [0.2, 0.25) is 0 Å². The summed E-state index contributed by atoms with van der Waals surface area (Å²) in [5, 5.41) is 9.08. The second-order valence-corrected chi connectivity index (χ2v) is 4.73. The number of aromatic carboxylic acids is 1. The summed E-state index contributed by atoms with van der Waals surface area (Å²) >= 11 is 5.88. The quantitative estimate of drug-likeness (QED) is 0.894. The van der Waals surface area contributed by atoms with Gasteiger partial charge in [0, 0.05) is 0 Å². The number of benzene rings is 1. The van der Waals surface area contributed by atoms with Gasteiger partial charge in [0.05, 0.1) is 16.7 Å². The molecule has 1 aromatic rings. The molecule has 2 rings (SSSR count). The number of carbonyl (C=O) groups is 1. The van der Waals surface area contributed by atoms with Crippen LogP contribution in [0.2, 0.25) is 5.02 Å². The maximum Gasteiger partial charge on any atom is 0.337 e. The second kappa shape index (κ2) is 5.41. The predicted molar refractivity (Wildman–Crippen MR) is 65.9 cm³/mol. The van der Waals surface area contributed by atoms with Crippen LogP contribution in [0.1, 0.15) is 42.5 Å². The van der Waals surface area contributed by atoms with E-state index < -0.39 is 5.97 Å². The maximum atomic E-state index is 10.8. The van der Waals surface area contributed by atoms with Crippen molar-refractivity contribution < 1.29 is 14.6 Å². The van der Waals surface area contributed by atoms with E-state index in [1.54, 1.807) is 12.1 Å². The van der Waals surface area contributed by atoms with Gasteiger partial charge in [0.1, 0.15) is 5.75 Å². The first-order valence-corrected chi connectivity index (χ1v) is 6.24. The lowest BCUT2D eigenvalue weighted by Gasteiger charge is -2.23. The van der Waals surface area contributed by atoms with Crippen molar-refractivity contribution in [2.45, 2.75) is 38.2 Å². The van der Waals surface area contributed by atoms with Crippen molar-refractivity contribution in [1.82, 2.24) is 0 Å². The molecule has 0 aromatic heterocycles. The van der Waals surface area contributed by atoms with Crippen molar-refractivity contribution in [1.29, 1.82) is 0 Å². The zero-order valence-electron chi connectivity index (χ0n) is 9.49. The molecule has 0 atom stereocenters. The lowest BCUT2D eigenvalue weighted by Crippen LogP contribution is -2.19. The SMILES string of the molecule is O=C(O)c1ccc(OC2CCCCC2)cc1Cl. The van der Waals surface area contributed by atoms with Crippen molar-refractivity contribution >= 4 is 17.6 Å². The van der Waals surface area contributed by atoms with Gasteiger partial charge < -0.3 is 9.84 Å². The van der Waals surface area contributed by atoms with Crippen LogP contribution in [0.5, 0.6) is 5.75 Å². The fourth-order valence-corrected chi connectivity index (χ4v) is 2.37.